The van der Waals surface area contributed by atoms with Gasteiger partial charge in [0.1, 0.15) is 0 Å². The SMILES string of the molecule is CC1CCCC(CBr)(NC(=O)c2ccc(F)c(F)c2F)C1. The maximum absolute atomic E-state index is 13.7. The number of carbonyl (C=O) groups excluding carboxylic acids is 1. The first-order chi connectivity index (χ1) is 9.88. The van der Waals surface area contributed by atoms with E-state index in [9.17, 15) is 18.0 Å². The van der Waals surface area contributed by atoms with Gasteiger partial charge in [0, 0.05) is 5.33 Å². The molecule has 1 aromatic rings. The van der Waals surface area contributed by atoms with Gasteiger partial charge in [-0.1, -0.05) is 35.7 Å². The van der Waals surface area contributed by atoms with E-state index in [0.29, 0.717) is 11.2 Å². The Balaban J connectivity index is 2.22. The lowest BCUT2D eigenvalue weighted by atomic mass is 9.77. The maximum atomic E-state index is 13.7. The summed E-state index contributed by atoms with van der Waals surface area (Å²) >= 11 is 3.40. The molecule has 1 aliphatic carbocycles. The van der Waals surface area contributed by atoms with Gasteiger partial charge in [-0.3, -0.25) is 4.79 Å². The maximum Gasteiger partial charge on any atom is 0.254 e. The quantitative estimate of drug-likeness (QED) is 0.633. The molecule has 6 heteroatoms. The van der Waals surface area contributed by atoms with Gasteiger partial charge < -0.3 is 5.32 Å². The van der Waals surface area contributed by atoms with Gasteiger partial charge in [-0.05, 0) is 30.9 Å². The van der Waals surface area contributed by atoms with Gasteiger partial charge in [-0.2, -0.15) is 0 Å². The summed E-state index contributed by atoms with van der Waals surface area (Å²) in [6.45, 7) is 2.10. The highest BCUT2D eigenvalue weighted by atomic mass is 79.9. The summed E-state index contributed by atoms with van der Waals surface area (Å²) < 4.78 is 39.8. The number of nitrogens with one attached hydrogen (secondary N) is 1. The zero-order chi connectivity index (χ0) is 15.6. The first-order valence-electron chi connectivity index (χ1n) is 6.90. The van der Waals surface area contributed by atoms with E-state index in [-0.39, 0.29) is 0 Å². The van der Waals surface area contributed by atoms with Gasteiger partial charge in [0.25, 0.3) is 5.91 Å². The Morgan fingerprint density at radius 3 is 2.71 bits per heavy atom. The molecule has 1 N–H and O–H groups in total. The van der Waals surface area contributed by atoms with Crippen molar-refractivity contribution in [1.29, 1.82) is 0 Å². The predicted molar refractivity (Wildman–Crippen MR) is 77.9 cm³/mol. The summed E-state index contributed by atoms with van der Waals surface area (Å²) in [6.07, 6.45) is 3.60. The van der Waals surface area contributed by atoms with Gasteiger partial charge >= 0.3 is 0 Å². The normalized spacial score (nSPS) is 25.7. The van der Waals surface area contributed by atoms with Crippen LogP contribution in [0.2, 0.25) is 0 Å². The van der Waals surface area contributed by atoms with Crippen molar-refractivity contribution in [2.24, 2.45) is 5.92 Å². The highest BCUT2D eigenvalue weighted by Crippen LogP contribution is 2.34. The number of rotatable bonds is 3. The van der Waals surface area contributed by atoms with Crippen molar-refractivity contribution in [1.82, 2.24) is 5.32 Å². The van der Waals surface area contributed by atoms with Crippen molar-refractivity contribution in [3.63, 3.8) is 0 Å². The Morgan fingerprint density at radius 1 is 1.38 bits per heavy atom. The summed E-state index contributed by atoms with van der Waals surface area (Å²) in [6, 6.07) is 1.73. The molecular formula is C15H17BrF3NO. The molecule has 0 aromatic heterocycles. The van der Waals surface area contributed by atoms with Crippen LogP contribution < -0.4 is 5.32 Å². The third kappa shape index (κ3) is 3.42. The topological polar surface area (TPSA) is 29.1 Å². The molecule has 2 nitrogen and oxygen atoms in total. The van der Waals surface area contributed by atoms with Crippen LogP contribution in [-0.4, -0.2) is 16.8 Å². The number of alkyl halides is 1. The molecule has 0 spiro atoms. The van der Waals surface area contributed by atoms with E-state index in [1.807, 2.05) is 0 Å². The molecule has 1 fully saturated rings. The first-order valence-corrected chi connectivity index (χ1v) is 8.02. The van der Waals surface area contributed by atoms with E-state index in [1.165, 1.54) is 0 Å². The molecule has 0 heterocycles. The number of carbonyl (C=O) groups is 1. The van der Waals surface area contributed by atoms with Crippen LogP contribution in [0.3, 0.4) is 0 Å². The lowest BCUT2D eigenvalue weighted by Crippen LogP contribution is -2.52. The van der Waals surface area contributed by atoms with Crippen LogP contribution in [0, 0.1) is 23.4 Å². The third-order valence-electron chi connectivity index (χ3n) is 4.01. The molecule has 0 bridgehead atoms. The Labute approximate surface area is 130 Å². The summed E-state index contributed by atoms with van der Waals surface area (Å²) in [5.41, 5.74) is -0.932. The molecule has 2 rings (SSSR count). The monoisotopic (exact) mass is 363 g/mol. The molecule has 0 saturated heterocycles. The van der Waals surface area contributed by atoms with Gasteiger partial charge in [0.2, 0.25) is 0 Å². The van der Waals surface area contributed by atoms with Crippen LogP contribution in [0.15, 0.2) is 12.1 Å². The standard InChI is InChI=1S/C15H17BrF3NO/c1-9-3-2-6-15(7-9,8-16)20-14(21)10-4-5-11(17)13(19)12(10)18/h4-5,9H,2-3,6-8H2,1H3,(H,20,21). The minimum Gasteiger partial charge on any atom is -0.346 e. The Hall–Kier alpha value is -1.04. The number of hydrogen-bond donors (Lipinski definition) is 1. The Morgan fingerprint density at radius 2 is 2.10 bits per heavy atom. The van der Waals surface area contributed by atoms with E-state index >= 15 is 0 Å². The van der Waals surface area contributed by atoms with Crippen LogP contribution in [0.5, 0.6) is 0 Å². The Kier molecular flexibility index (Phi) is 4.96. The number of halogens is 4. The van der Waals surface area contributed by atoms with Crippen LogP contribution in [0.1, 0.15) is 43.0 Å². The molecule has 1 aliphatic rings. The smallest absolute Gasteiger partial charge is 0.254 e. The zero-order valence-corrected chi connectivity index (χ0v) is 13.3. The molecule has 21 heavy (non-hydrogen) atoms. The fourth-order valence-electron chi connectivity index (χ4n) is 2.94. The highest BCUT2D eigenvalue weighted by molar-refractivity contribution is 9.09. The third-order valence-corrected chi connectivity index (χ3v) is 5.08. The Bertz CT molecular complexity index is 552. The van der Waals surface area contributed by atoms with E-state index in [0.717, 1.165) is 37.8 Å². The number of benzene rings is 1. The van der Waals surface area contributed by atoms with Crippen molar-refractivity contribution in [3.05, 3.63) is 35.1 Å². The van der Waals surface area contributed by atoms with Gasteiger partial charge in [-0.15, -0.1) is 0 Å². The summed E-state index contributed by atoms with van der Waals surface area (Å²) in [7, 11) is 0. The largest absolute Gasteiger partial charge is 0.346 e. The highest BCUT2D eigenvalue weighted by Gasteiger charge is 2.36. The molecule has 2 atom stereocenters. The van der Waals surface area contributed by atoms with E-state index < -0.39 is 34.5 Å². The molecule has 2 unspecified atom stereocenters. The zero-order valence-electron chi connectivity index (χ0n) is 11.7. The lowest BCUT2D eigenvalue weighted by molar-refractivity contribution is 0.0864. The first kappa shape index (κ1) is 16.3. The second kappa shape index (κ2) is 6.38. The van der Waals surface area contributed by atoms with Crippen molar-refractivity contribution >= 4 is 21.8 Å². The fraction of sp³-hybridized carbons (Fsp3) is 0.533. The van der Waals surface area contributed by atoms with Crippen LogP contribution in [-0.2, 0) is 0 Å². The second-order valence-corrected chi connectivity index (χ2v) is 6.35. The van der Waals surface area contributed by atoms with Crippen molar-refractivity contribution < 1.29 is 18.0 Å². The summed E-state index contributed by atoms with van der Waals surface area (Å²) in [5, 5.41) is 3.34. The molecular weight excluding hydrogens is 347 g/mol. The summed E-state index contributed by atoms with van der Waals surface area (Å²) in [5.74, 6) is -4.62. The van der Waals surface area contributed by atoms with Crippen LogP contribution in [0.25, 0.3) is 0 Å². The minimum absolute atomic E-state index is 0.450. The fourth-order valence-corrected chi connectivity index (χ4v) is 3.59. The molecule has 0 radical (unpaired) electrons. The average molecular weight is 364 g/mol. The molecule has 1 saturated carbocycles. The molecule has 1 aromatic carbocycles. The second-order valence-electron chi connectivity index (χ2n) is 5.79. The molecule has 1 amide bonds. The van der Waals surface area contributed by atoms with Crippen LogP contribution >= 0.6 is 15.9 Å². The van der Waals surface area contributed by atoms with Gasteiger partial charge in [0.15, 0.2) is 17.5 Å². The summed E-state index contributed by atoms with van der Waals surface area (Å²) in [4.78, 5) is 12.2. The van der Waals surface area contributed by atoms with E-state index in [1.54, 1.807) is 0 Å². The van der Waals surface area contributed by atoms with Crippen molar-refractivity contribution in [2.75, 3.05) is 5.33 Å². The molecule has 116 valence electrons. The van der Waals surface area contributed by atoms with Crippen molar-refractivity contribution in [3.8, 4) is 0 Å². The van der Waals surface area contributed by atoms with E-state index in [4.69, 9.17) is 0 Å². The van der Waals surface area contributed by atoms with Crippen LogP contribution in [0.4, 0.5) is 13.2 Å². The van der Waals surface area contributed by atoms with Gasteiger partial charge in [-0.25, -0.2) is 13.2 Å². The van der Waals surface area contributed by atoms with E-state index in [2.05, 4.69) is 28.2 Å². The molecule has 0 aliphatic heterocycles. The predicted octanol–water partition coefficient (Wildman–Crippen LogP) is 4.18. The minimum atomic E-state index is -1.62. The number of amides is 1. The average Bonchev–Trinajstić information content (AvgIpc) is 2.44. The van der Waals surface area contributed by atoms with Crippen molar-refractivity contribution in [2.45, 2.75) is 38.1 Å². The van der Waals surface area contributed by atoms with Gasteiger partial charge in [0.05, 0.1) is 11.1 Å². The number of hydrogen-bond acceptors (Lipinski definition) is 1. The lowest BCUT2D eigenvalue weighted by Gasteiger charge is -2.39.